The maximum atomic E-state index is 8.57. The summed E-state index contributed by atoms with van der Waals surface area (Å²) >= 11 is 0. The minimum Gasteiger partial charge on any atom is -0.409 e. The van der Waals surface area contributed by atoms with Crippen molar-refractivity contribution in [3.63, 3.8) is 0 Å². The highest BCUT2D eigenvalue weighted by Gasteiger charge is 2.09. The van der Waals surface area contributed by atoms with Crippen LogP contribution in [0.15, 0.2) is 23.4 Å². The van der Waals surface area contributed by atoms with Gasteiger partial charge in [0.15, 0.2) is 0 Å². The summed E-state index contributed by atoms with van der Waals surface area (Å²) in [6.07, 6.45) is 1.46. The molecule has 0 saturated heterocycles. The SMILES string of the molecule is CCC(CC(N)=NO)Nc1cc(C)cc(C)c1. The number of anilines is 1. The Kier molecular flexibility index (Phi) is 4.82. The van der Waals surface area contributed by atoms with Crippen LogP contribution in [0.1, 0.15) is 30.9 Å². The quantitative estimate of drug-likeness (QED) is 0.318. The standard InChI is InChI=1S/C13H21N3O/c1-4-11(8-13(14)16-17)15-12-6-9(2)5-10(3)7-12/h5-7,11,15,17H,4,8H2,1-3H3,(H2,14,16). The second-order valence-corrected chi connectivity index (χ2v) is 4.42. The molecule has 94 valence electrons. The summed E-state index contributed by atoms with van der Waals surface area (Å²) in [4.78, 5) is 0. The number of nitrogens with two attached hydrogens (primary N) is 1. The van der Waals surface area contributed by atoms with E-state index in [4.69, 9.17) is 10.9 Å². The molecule has 0 aliphatic heterocycles. The predicted molar refractivity (Wildman–Crippen MR) is 71.6 cm³/mol. The average Bonchev–Trinajstić information content (AvgIpc) is 2.26. The third kappa shape index (κ3) is 4.34. The van der Waals surface area contributed by atoms with Gasteiger partial charge in [0.2, 0.25) is 0 Å². The normalized spacial score (nSPS) is 13.5. The molecule has 1 rings (SSSR count). The first-order valence-electron chi connectivity index (χ1n) is 5.86. The van der Waals surface area contributed by atoms with Crippen LogP contribution in [0.4, 0.5) is 5.69 Å². The van der Waals surface area contributed by atoms with Gasteiger partial charge in [0, 0.05) is 18.2 Å². The molecule has 0 aromatic heterocycles. The number of amidine groups is 1. The van der Waals surface area contributed by atoms with E-state index in [9.17, 15) is 0 Å². The summed E-state index contributed by atoms with van der Waals surface area (Å²) in [6, 6.07) is 6.52. The topological polar surface area (TPSA) is 70.6 Å². The van der Waals surface area contributed by atoms with E-state index in [1.54, 1.807) is 0 Å². The lowest BCUT2D eigenvalue weighted by Gasteiger charge is -2.18. The van der Waals surface area contributed by atoms with Crippen molar-refractivity contribution in [3.05, 3.63) is 29.3 Å². The maximum absolute atomic E-state index is 8.57. The number of nitrogens with one attached hydrogen (secondary N) is 1. The molecule has 1 atom stereocenters. The molecule has 4 heteroatoms. The molecule has 0 aliphatic carbocycles. The van der Waals surface area contributed by atoms with Gasteiger partial charge in [-0.15, -0.1) is 0 Å². The van der Waals surface area contributed by atoms with Gasteiger partial charge >= 0.3 is 0 Å². The fraction of sp³-hybridized carbons (Fsp3) is 0.462. The van der Waals surface area contributed by atoms with Crippen LogP contribution < -0.4 is 11.1 Å². The minimum atomic E-state index is 0.187. The van der Waals surface area contributed by atoms with Crippen molar-refractivity contribution in [2.24, 2.45) is 10.9 Å². The summed E-state index contributed by atoms with van der Waals surface area (Å²) in [6.45, 7) is 6.22. The zero-order valence-corrected chi connectivity index (χ0v) is 10.7. The summed E-state index contributed by atoms with van der Waals surface area (Å²) in [5, 5.41) is 15.0. The van der Waals surface area contributed by atoms with Gasteiger partial charge in [-0.1, -0.05) is 18.1 Å². The van der Waals surface area contributed by atoms with Gasteiger partial charge in [0.05, 0.1) is 0 Å². The van der Waals surface area contributed by atoms with Gasteiger partial charge < -0.3 is 16.3 Å². The van der Waals surface area contributed by atoms with E-state index in [2.05, 4.69) is 49.4 Å². The second-order valence-electron chi connectivity index (χ2n) is 4.42. The first-order chi connectivity index (χ1) is 8.05. The highest BCUT2D eigenvalue weighted by Crippen LogP contribution is 2.16. The highest BCUT2D eigenvalue weighted by molar-refractivity contribution is 5.80. The molecule has 0 saturated carbocycles. The Morgan fingerprint density at radius 2 is 1.94 bits per heavy atom. The average molecular weight is 235 g/mol. The molecule has 17 heavy (non-hydrogen) atoms. The van der Waals surface area contributed by atoms with E-state index in [1.807, 2.05) is 0 Å². The van der Waals surface area contributed by atoms with Gasteiger partial charge in [0.1, 0.15) is 5.84 Å². The van der Waals surface area contributed by atoms with Crippen LogP contribution in [0.25, 0.3) is 0 Å². The van der Waals surface area contributed by atoms with Gasteiger partial charge in [-0.2, -0.15) is 0 Å². The van der Waals surface area contributed by atoms with Gasteiger partial charge in [-0.3, -0.25) is 0 Å². The summed E-state index contributed by atoms with van der Waals surface area (Å²) in [5.41, 5.74) is 9.06. The molecular weight excluding hydrogens is 214 g/mol. The number of benzene rings is 1. The number of oxime groups is 1. The first kappa shape index (κ1) is 13.4. The molecule has 1 unspecified atom stereocenters. The Labute approximate surface area is 103 Å². The molecule has 0 aliphatic rings. The van der Waals surface area contributed by atoms with Crippen molar-refractivity contribution >= 4 is 11.5 Å². The van der Waals surface area contributed by atoms with E-state index >= 15 is 0 Å². The molecule has 0 bridgehead atoms. The highest BCUT2D eigenvalue weighted by atomic mass is 16.4. The lowest BCUT2D eigenvalue weighted by molar-refractivity contribution is 0.316. The van der Waals surface area contributed by atoms with Crippen molar-refractivity contribution in [3.8, 4) is 0 Å². The molecule has 0 spiro atoms. The second kappa shape index (κ2) is 6.13. The van der Waals surface area contributed by atoms with Crippen molar-refractivity contribution in [1.29, 1.82) is 0 Å². The molecule has 1 aromatic carbocycles. The van der Waals surface area contributed by atoms with E-state index in [-0.39, 0.29) is 11.9 Å². The molecule has 0 fully saturated rings. The predicted octanol–water partition coefficient (Wildman–Crippen LogP) is 2.63. The lowest BCUT2D eigenvalue weighted by atomic mass is 10.1. The fourth-order valence-corrected chi connectivity index (χ4v) is 1.88. The number of hydrogen-bond acceptors (Lipinski definition) is 3. The van der Waals surface area contributed by atoms with Gasteiger partial charge in [0.25, 0.3) is 0 Å². The van der Waals surface area contributed by atoms with Crippen LogP contribution in [-0.4, -0.2) is 17.1 Å². The minimum absolute atomic E-state index is 0.187. The van der Waals surface area contributed by atoms with Crippen molar-refractivity contribution in [2.45, 2.75) is 39.7 Å². The van der Waals surface area contributed by atoms with Crippen molar-refractivity contribution in [1.82, 2.24) is 0 Å². The third-order valence-corrected chi connectivity index (χ3v) is 2.67. The number of rotatable bonds is 5. The van der Waals surface area contributed by atoms with Crippen molar-refractivity contribution in [2.75, 3.05) is 5.32 Å². The molecule has 4 N–H and O–H groups in total. The van der Waals surface area contributed by atoms with Crippen LogP contribution in [0, 0.1) is 13.8 Å². The Balaban J connectivity index is 2.73. The number of nitrogens with zero attached hydrogens (tertiary/aromatic N) is 1. The summed E-state index contributed by atoms with van der Waals surface area (Å²) < 4.78 is 0. The summed E-state index contributed by atoms with van der Waals surface area (Å²) in [7, 11) is 0. The zero-order chi connectivity index (χ0) is 12.8. The molecule has 0 radical (unpaired) electrons. The van der Waals surface area contributed by atoms with E-state index in [0.29, 0.717) is 6.42 Å². The monoisotopic (exact) mass is 235 g/mol. The van der Waals surface area contributed by atoms with Crippen molar-refractivity contribution < 1.29 is 5.21 Å². The number of aryl methyl sites for hydroxylation is 2. The van der Waals surface area contributed by atoms with Gasteiger partial charge in [-0.05, 0) is 43.5 Å². The summed E-state index contributed by atoms with van der Waals surface area (Å²) in [5.74, 6) is 0.258. The molecule has 4 nitrogen and oxygen atoms in total. The lowest BCUT2D eigenvalue weighted by Crippen LogP contribution is -2.26. The van der Waals surface area contributed by atoms with Crippen LogP contribution in [-0.2, 0) is 0 Å². The smallest absolute Gasteiger partial charge is 0.141 e. The molecule has 1 aromatic rings. The Morgan fingerprint density at radius 3 is 2.41 bits per heavy atom. The largest absolute Gasteiger partial charge is 0.409 e. The fourth-order valence-electron chi connectivity index (χ4n) is 1.88. The molecular formula is C13H21N3O. The third-order valence-electron chi connectivity index (χ3n) is 2.67. The Morgan fingerprint density at radius 1 is 1.35 bits per heavy atom. The van der Waals surface area contributed by atoms with E-state index < -0.39 is 0 Å². The Bertz CT molecular complexity index is 381. The first-order valence-corrected chi connectivity index (χ1v) is 5.86. The molecule has 0 amide bonds. The van der Waals surface area contributed by atoms with Crippen LogP contribution in [0.3, 0.4) is 0 Å². The van der Waals surface area contributed by atoms with Crippen LogP contribution in [0.2, 0.25) is 0 Å². The van der Waals surface area contributed by atoms with Crippen LogP contribution >= 0.6 is 0 Å². The van der Waals surface area contributed by atoms with Crippen LogP contribution in [0.5, 0.6) is 0 Å². The number of hydrogen-bond donors (Lipinski definition) is 3. The maximum Gasteiger partial charge on any atom is 0.141 e. The van der Waals surface area contributed by atoms with E-state index in [1.165, 1.54) is 11.1 Å². The zero-order valence-electron chi connectivity index (χ0n) is 10.7. The van der Waals surface area contributed by atoms with Gasteiger partial charge in [-0.25, -0.2) is 0 Å². The molecule has 0 heterocycles. The van der Waals surface area contributed by atoms with E-state index in [0.717, 1.165) is 12.1 Å². The Hall–Kier alpha value is -1.71.